The van der Waals surface area contributed by atoms with Crippen LogP contribution in [0.4, 0.5) is 0 Å². The maximum atomic E-state index is 11.9. The Labute approximate surface area is 116 Å². The lowest BCUT2D eigenvalue weighted by atomic mass is 10.0. The fourth-order valence-corrected chi connectivity index (χ4v) is 2.90. The lowest BCUT2D eigenvalue weighted by Crippen LogP contribution is -2.35. The lowest BCUT2D eigenvalue weighted by molar-refractivity contribution is -0.122. The van der Waals surface area contributed by atoms with Crippen LogP contribution >= 0.6 is 11.8 Å². The summed E-state index contributed by atoms with van der Waals surface area (Å²) in [6.45, 7) is 1.91. The first-order valence-corrected chi connectivity index (χ1v) is 6.93. The van der Waals surface area contributed by atoms with E-state index in [0.29, 0.717) is 5.75 Å². The highest BCUT2D eigenvalue weighted by Crippen LogP contribution is 2.29. The number of benzene rings is 1. The van der Waals surface area contributed by atoms with Crippen molar-refractivity contribution in [3.8, 4) is 0 Å². The van der Waals surface area contributed by atoms with Gasteiger partial charge in [0.05, 0.1) is 12.2 Å². The zero-order valence-electron chi connectivity index (χ0n) is 10.6. The lowest BCUT2D eigenvalue weighted by Gasteiger charge is -2.15. The van der Waals surface area contributed by atoms with Crippen molar-refractivity contribution in [3.63, 3.8) is 0 Å². The predicted octanol–water partition coefficient (Wildman–Crippen LogP) is 2.45. The first kappa shape index (κ1) is 13.7. The molecule has 0 bridgehead atoms. The molecule has 0 aliphatic carbocycles. The van der Waals surface area contributed by atoms with E-state index < -0.39 is 0 Å². The monoisotopic (exact) mass is 276 g/mol. The molecular weight excluding hydrogens is 260 g/mol. The molecule has 0 fully saturated rings. The Hall–Kier alpha value is -1.72. The molecule has 0 saturated carbocycles. The number of carbonyl (C=O) groups excluding carboxylic acids is 1. The summed E-state index contributed by atoms with van der Waals surface area (Å²) in [4.78, 5) is 12.9. The molecule has 2 rings (SSSR count). The Morgan fingerprint density at radius 3 is 2.68 bits per heavy atom. The third-order valence-electron chi connectivity index (χ3n) is 2.88. The van der Waals surface area contributed by atoms with Gasteiger partial charge in [-0.05, 0) is 18.6 Å². The van der Waals surface area contributed by atoms with E-state index in [1.54, 1.807) is 18.0 Å². The number of furan rings is 1. The fourth-order valence-electron chi connectivity index (χ4n) is 1.81. The highest BCUT2D eigenvalue weighted by atomic mass is 32.2. The minimum absolute atomic E-state index is 0.181. The number of thioether (sulfide) groups is 1. The average Bonchev–Trinajstić information content (AvgIpc) is 2.85. The second-order valence-electron chi connectivity index (χ2n) is 4.12. The van der Waals surface area contributed by atoms with Crippen LogP contribution in [0.25, 0.3) is 0 Å². The van der Waals surface area contributed by atoms with E-state index in [0.717, 1.165) is 16.2 Å². The van der Waals surface area contributed by atoms with E-state index in [2.05, 4.69) is 5.43 Å². The molecule has 1 atom stereocenters. The van der Waals surface area contributed by atoms with Crippen LogP contribution in [-0.4, -0.2) is 11.7 Å². The van der Waals surface area contributed by atoms with Crippen molar-refractivity contribution in [1.29, 1.82) is 0 Å². The molecule has 3 N–H and O–H groups in total. The van der Waals surface area contributed by atoms with E-state index in [-0.39, 0.29) is 11.8 Å². The van der Waals surface area contributed by atoms with Crippen LogP contribution in [0.5, 0.6) is 0 Å². The summed E-state index contributed by atoms with van der Waals surface area (Å²) < 4.78 is 5.24. The van der Waals surface area contributed by atoms with Gasteiger partial charge in [-0.1, -0.05) is 30.3 Å². The Bertz CT molecular complexity index is 539. The van der Waals surface area contributed by atoms with Gasteiger partial charge >= 0.3 is 0 Å². The summed E-state index contributed by atoms with van der Waals surface area (Å²) in [6.07, 6.45) is 1.65. The van der Waals surface area contributed by atoms with Gasteiger partial charge < -0.3 is 4.42 Å². The van der Waals surface area contributed by atoms with Crippen LogP contribution in [-0.2, 0) is 4.79 Å². The van der Waals surface area contributed by atoms with Crippen LogP contribution in [0.15, 0.2) is 52.0 Å². The summed E-state index contributed by atoms with van der Waals surface area (Å²) in [6, 6.07) is 11.5. The molecule has 2 aromatic rings. The van der Waals surface area contributed by atoms with Crippen molar-refractivity contribution in [2.45, 2.75) is 17.7 Å². The van der Waals surface area contributed by atoms with Crippen LogP contribution in [0, 0.1) is 6.92 Å². The summed E-state index contributed by atoms with van der Waals surface area (Å²) >= 11 is 1.59. The number of nitrogens with one attached hydrogen (secondary N) is 1. The predicted molar refractivity (Wildman–Crippen MR) is 75.7 cm³/mol. The Morgan fingerprint density at radius 1 is 1.37 bits per heavy atom. The number of aryl methyl sites for hydroxylation is 1. The molecule has 5 heteroatoms. The van der Waals surface area contributed by atoms with E-state index in [4.69, 9.17) is 10.3 Å². The molecule has 19 heavy (non-hydrogen) atoms. The van der Waals surface area contributed by atoms with Crippen LogP contribution < -0.4 is 11.3 Å². The molecule has 0 spiro atoms. The van der Waals surface area contributed by atoms with Gasteiger partial charge in [0.25, 0.3) is 0 Å². The molecule has 0 aliphatic rings. The summed E-state index contributed by atoms with van der Waals surface area (Å²) in [5.41, 5.74) is 3.19. The number of hydrogen-bond acceptors (Lipinski definition) is 4. The molecule has 0 aliphatic heterocycles. The summed E-state index contributed by atoms with van der Waals surface area (Å²) in [5.74, 6) is 6.29. The smallest absolute Gasteiger partial charge is 0.242 e. The van der Waals surface area contributed by atoms with Gasteiger partial charge in [-0.15, -0.1) is 11.8 Å². The number of carbonyl (C=O) groups is 1. The van der Waals surface area contributed by atoms with Crippen molar-refractivity contribution >= 4 is 17.7 Å². The number of nitrogens with two attached hydrogens (primary N) is 1. The topological polar surface area (TPSA) is 68.3 Å². The number of rotatable bonds is 5. The first-order chi connectivity index (χ1) is 9.22. The van der Waals surface area contributed by atoms with Gasteiger partial charge in [-0.3, -0.25) is 10.2 Å². The SMILES string of the molecule is Cc1occc1SCC(C(=O)NN)c1ccccc1. The van der Waals surface area contributed by atoms with E-state index in [1.165, 1.54) is 0 Å². The molecule has 0 saturated heterocycles. The third-order valence-corrected chi connectivity index (χ3v) is 4.11. The van der Waals surface area contributed by atoms with Crippen molar-refractivity contribution in [3.05, 3.63) is 54.0 Å². The Kier molecular flexibility index (Phi) is 4.65. The fraction of sp³-hybridized carbons (Fsp3) is 0.214. The molecule has 1 aromatic carbocycles. The third kappa shape index (κ3) is 3.39. The summed E-state index contributed by atoms with van der Waals surface area (Å²) in [5, 5.41) is 0. The molecule has 1 unspecified atom stereocenters. The highest BCUT2D eigenvalue weighted by molar-refractivity contribution is 7.99. The van der Waals surface area contributed by atoms with Gasteiger partial charge in [-0.25, -0.2) is 5.84 Å². The van der Waals surface area contributed by atoms with Gasteiger partial charge in [0.15, 0.2) is 0 Å². The van der Waals surface area contributed by atoms with Gasteiger partial charge in [-0.2, -0.15) is 0 Å². The van der Waals surface area contributed by atoms with Crippen molar-refractivity contribution < 1.29 is 9.21 Å². The molecule has 1 heterocycles. The molecule has 0 radical (unpaired) electrons. The van der Waals surface area contributed by atoms with Crippen LogP contribution in [0.2, 0.25) is 0 Å². The molecule has 4 nitrogen and oxygen atoms in total. The highest BCUT2D eigenvalue weighted by Gasteiger charge is 2.20. The van der Waals surface area contributed by atoms with Gasteiger partial charge in [0.2, 0.25) is 5.91 Å². The normalized spacial score (nSPS) is 12.1. The van der Waals surface area contributed by atoms with Crippen LogP contribution in [0.1, 0.15) is 17.2 Å². The zero-order chi connectivity index (χ0) is 13.7. The molecular formula is C14H16N2O2S. The molecule has 1 aromatic heterocycles. The number of hydrazine groups is 1. The molecule has 1 amide bonds. The zero-order valence-corrected chi connectivity index (χ0v) is 11.4. The number of amides is 1. The van der Waals surface area contributed by atoms with E-state index in [9.17, 15) is 4.79 Å². The van der Waals surface area contributed by atoms with Crippen LogP contribution in [0.3, 0.4) is 0 Å². The van der Waals surface area contributed by atoms with Crippen molar-refractivity contribution in [2.75, 3.05) is 5.75 Å². The maximum absolute atomic E-state index is 11.9. The first-order valence-electron chi connectivity index (χ1n) is 5.94. The van der Waals surface area contributed by atoms with Crippen molar-refractivity contribution in [1.82, 2.24) is 5.43 Å². The van der Waals surface area contributed by atoms with Gasteiger partial charge in [0, 0.05) is 10.6 Å². The average molecular weight is 276 g/mol. The largest absolute Gasteiger partial charge is 0.468 e. The minimum atomic E-state index is -0.273. The standard InChI is InChI=1S/C14H16N2O2S/c1-10-13(7-8-18-10)19-9-12(14(17)16-15)11-5-3-2-4-6-11/h2-8,12H,9,15H2,1H3,(H,16,17). The van der Waals surface area contributed by atoms with Gasteiger partial charge in [0.1, 0.15) is 5.76 Å². The summed E-state index contributed by atoms with van der Waals surface area (Å²) in [7, 11) is 0. The Morgan fingerprint density at radius 2 is 2.11 bits per heavy atom. The Balaban J connectivity index is 2.11. The maximum Gasteiger partial charge on any atom is 0.242 e. The number of hydrogen-bond donors (Lipinski definition) is 2. The van der Waals surface area contributed by atoms with E-state index >= 15 is 0 Å². The second kappa shape index (κ2) is 6.45. The van der Waals surface area contributed by atoms with E-state index in [1.807, 2.05) is 43.3 Å². The minimum Gasteiger partial charge on any atom is -0.468 e. The second-order valence-corrected chi connectivity index (χ2v) is 5.19. The molecule has 100 valence electrons. The quantitative estimate of drug-likeness (QED) is 0.381. The van der Waals surface area contributed by atoms with Crippen molar-refractivity contribution in [2.24, 2.45) is 5.84 Å².